The van der Waals surface area contributed by atoms with E-state index in [-0.39, 0.29) is 0 Å². The quantitative estimate of drug-likeness (QED) is 0.597. The second-order valence-corrected chi connectivity index (χ2v) is 5.82. The predicted octanol–water partition coefficient (Wildman–Crippen LogP) is 4.10. The molecule has 0 saturated carbocycles. The predicted molar refractivity (Wildman–Crippen MR) is 84.2 cm³/mol. The second kappa shape index (κ2) is 5.10. The summed E-state index contributed by atoms with van der Waals surface area (Å²) in [4.78, 5) is 10.0. The fraction of sp³-hybridized carbons (Fsp3) is 0. The maximum absolute atomic E-state index is 4.50. The van der Waals surface area contributed by atoms with E-state index in [0.717, 1.165) is 27.1 Å². The fourth-order valence-electron chi connectivity index (χ4n) is 2.30. The largest absolute Gasteiger partial charge is 0.346 e. The van der Waals surface area contributed by atoms with Crippen molar-refractivity contribution in [2.45, 2.75) is 9.79 Å². The number of aromatic nitrogens is 4. The van der Waals surface area contributed by atoms with E-state index in [9.17, 15) is 0 Å². The average molecular weight is 292 g/mol. The molecular weight excluding hydrogens is 280 g/mol. The minimum absolute atomic E-state index is 0.892. The van der Waals surface area contributed by atoms with E-state index in [1.165, 1.54) is 4.90 Å². The smallest absolute Gasteiger partial charge is 0.137 e. The van der Waals surface area contributed by atoms with Crippen molar-refractivity contribution in [3.63, 3.8) is 0 Å². The van der Waals surface area contributed by atoms with Crippen molar-refractivity contribution in [1.29, 1.82) is 0 Å². The first-order chi connectivity index (χ1) is 10.4. The van der Waals surface area contributed by atoms with Crippen LogP contribution in [0.15, 0.2) is 71.0 Å². The maximum atomic E-state index is 4.50. The van der Waals surface area contributed by atoms with Crippen LogP contribution in [0.5, 0.6) is 0 Å². The number of fused-ring (bicyclic) bond motifs is 1. The molecule has 0 spiro atoms. The van der Waals surface area contributed by atoms with Crippen LogP contribution in [0.2, 0.25) is 0 Å². The van der Waals surface area contributed by atoms with E-state index < -0.39 is 0 Å². The minimum atomic E-state index is 0.892. The number of pyridine rings is 1. The molecule has 1 aromatic carbocycles. The molecule has 0 unspecified atom stereocenters. The fourth-order valence-corrected chi connectivity index (χ4v) is 3.15. The maximum Gasteiger partial charge on any atom is 0.137 e. The Labute approximate surface area is 125 Å². The van der Waals surface area contributed by atoms with Crippen molar-refractivity contribution in [2.24, 2.45) is 0 Å². The van der Waals surface area contributed by atoms with Crippen molar-refractivity contribution in [3.05, 3.63) is 61.2 Å². The van der Waals surface area contributed by atoms with Crippen LogP contribution in [0.4, 0.5) is 0 Å². The van der Waals surface area contributed by atoms with Gasteiger partial charge in [-0.3, -0.25) is 5.10 Å². The molecule has 0 amide bonds. The summed E-state index contributed by atoms with van der Waals surface area (Å²) in [6.07, 6.45) is 7.58. The van der Waals surface area contributed by atoms with E-state index in [2.05, 4.69) is 38.4 Å². The van der Waals surface area contributed by atoms with Crippen LogP contribution < -0.4 is 0 Å². The molecule has 0 aliphatic carbocycles. The lowest BCUT2D eigenvalue weighted by molar-refractivity contribution is 1.09. The number of hydrogen-bond acceptors (Lipinski definition) is 3. The lowest BCUT2D eigenvalue weighted by Gasteiger charge is -2.02. The van der Waals surface area contributed by atoms with Gasteiger partial charge in [0.25, 0.3) is 0 Å². The van der Waals surface area contributed by atoms with Crippen LogP contribution in [0.25, 0.3) is 22.2 Å². The zero-order valence-corrected chi connectivity index (χ0v) is 11.9. The van der Waals surface area contributed by atoms with Crippen LogP contribution in [-0.2, 0) is 0 Å². The molecule has 0 aliphatic heterocycles. The number of aromatic amines is 2. The average Bonchev–Trinajstić information content (AvgIpc) is 3.16. The Morgan fingerprint density at radius 3 is 2.67 bits per heavy atom. The van der Waals surface area contributed by atoms with Crippen molar-refractivity contribution < 1.29 is 0 Å². The number of benzene rings is 1. The van der Waals surface area contributed by atoms with Crippen LogP contribution in [-0.4, -0.2) is 20.2 Å². The number of nitrogens with one attached hydrogen (secondary N) is 2. The van der Waals surface area contributed by atoms with Gasteiger partial charge in [-0.2, -0.15) is 5.10 Å². The summed E-state index contributed by atoms with van der Waals surface area (Å²) in [5.74, 6) is 0. The summed E-state index contributed by atoms with van der Waals surface area (Å²) < 4.78 is 0. The Hall–Kier alpha value is -2.53. The van der Waals surface area contributed by atoms with Gasteiger partial charge >= 0.3 is 0 Å². The summed E-state index contributed by atoms with van der Waals surface area (Å²) in [5, 5.41) is 7.97. The Kier molecular flexibility index (Phi) is 2.97. The van der Waals surface area contributed by atoms with Crippen molar-refractivity contribution in [2.75, 3.05) is 0 Å². The zero-order chi connectivity index (χ0) is 14.1. The first-order valence-corrected chi connectivity index (χ1v) is 7.41. The highest BCUT2D eigenvalue weighted by molar-refractivity contribution is 7.99. The van der Waals surface area contributed by atoms with Gasteiger partial charge in [-0.25, -0.2) is 4.98 Å². The van der Waals surface area contributed by atoms with Crippen LogP contribution >= 0.6 is 11.8 Å². The van der Waals surface area contributed by atoms with Gasteiger partial charge in [0.1, 0.15) is 5.65 Å². The van der Waals surface area contributed by atoms with Gasteiger partial charge in [-0.1, -0.05) is 30.0 Å². The van der Waals surface area contributed by atoms with Gasteiger partial charge in [0.2, 0.25) is 0 Å². The Balaban J connectivity index is 1.77. The van der Waals surface area contributed by atoms with Gasteiger partial charge in [-0.05, 0) is 18.2 Å². The van der Waals surface area contributed by atoms with E-state index in [4.69, 9.17) is 0 Å². The molecule has 5 heteroatoms. The molecule has 0 bridgehead atoms. The van der Waals surface area contributed by atoms with Gasteiger partial charge in [0.15, 0.2) is 0 Å². The van der Waals surface area contributed by atoms with Crippen molar-refractivity contribution >= 4 is 22.8 Å². The third-order valence-electron chi connectivity index (χ3n) is 3.29. The summed E-state index contributed by atoms with van der Waals surface area (Å²) in [5.41, 5.74) is 3.07. The highest BCUT2D eigenvalue weighted by Crippen LogP contribution is 2.32. The molecule has 0 aliphatic rings. The first kappa shape index (κ1) is 12.2. The molecule has 4 nitrogen and oxygen atoms in total. The molecule has 0 fully saturated rings. The Morgan fingerprint density at radius 1 is 0.952 bits per heavy atom. The highest BCUT2D eigenvalue weighted by Gasteiger charge is 2.09. The molecule has 0 atom stereocenters. The lowest BCUT2D eigenvalue weighted by atomic mass is 10.1. The van der Waals surface area contributed by atoms with Crippen molar-refractivity contribution in [1.82, 2.24) is 20.2 Å². The van der Waals surface area contributed by atoms with Gasteiger partial charge in [0, 0.05) is 44.9 Å². The molecule has 21 heavy (non-hydrogen) atoms. The summed E-state index contributed by atoms with van der Waals surface area (Å²) in [6, 6.07) is 12.5. The number of rotatable bonds is 3. The topological polar surface area (TPSA) is 57.4 Å². The second-order valence-electron chi connectivity index (χ2n) is 4.67. The normalized spacial score (nSPS) is 11.0. The Bertz CT molecular complexity index is 866. The van der Waals surface area contributed by atoms with Crippen molar-refractivity contribution in [3.8, 4) is 11.1 Å². The van der Waals surface area contributed by atoms with E-state index in [1.54, 1.807) is 11.8 Å². The highest BCUT2D eigenvalue weighted by atomic mass is 32.2. The monoisotopic (exact) mass is 292 g/mol. The summed E-state index contributed by atoms with van der Waals surface area (Å²) in [7, 11) is 0. The van der Waals surface area contributed by atoms with Gasteiger partial charge in [0.05, 0.1) is 6.20 Å². The number of nitrogens with zero attached hydrogens (tertiary/aromatic N) is 2. The zero-order valence-electron chi connectivity index (χ0n) is 11.1. The van der Waals surface area contributed by atoms with Crippen LogP contribution in [0.3, 0.4) is 0 Å². The molecule has 102 valence electrons. The van der Waals surface area contributed by atoms with Gasteiger partial charge < -0.3 is 4.98 Å². The molecule has 0 saturated heterocycles. The first-order valence-electron chi connectivity index (χ1n) is 6.59. The third kappa shape index (κ3) is 2.32. The van der Waals surface area contributed by atoms with Crippen LogP contribution in [0.1, 0.15) is 0 Å². The standard InChI is InChI=1S/C16H12N4S/c1-2-4-12(5-3-1)21-13-6-14-15(11-7-19-20-8-11)10-18-16(14)17-9-13/h1-10H,(H,17,18)(H,19,20). The lowest BCUT2D eigenvalue weighted by Crippen LogP contribution is -1.80. The molecular formula is C16H12N4S. The molecule has 2 N–H and O–H groups in total. The minimum Gasteiger partial charge on any atom is -0.346 e. The molecule has 4 rings (SSSR count). The summed E-state index contributed by atoms with van der Waals surface area (Å²) in [6.45, 7) is 0. The Morgan fingerprint density at radius 2 is 1.86 bits per heavy atom. The third-order valence-corrected chi connectivity index (χ3v) is 4.26. The molecule has 3 aromatic heterocycles. The van der Waals surface area contributed by atoms with Gasteiger partial charge in [-0.15, -0.1) is 0 Å². The number of hydrogen-bond donors (Lipinski definition) is 2. The van der Waals surface area contributed by atoms with E-state index in [1.807, 2.05) is 43.0 Å². The summed E-state index contributed by atoms with van der Waals surface area (Å²) >= 11 is 1.71. The number of H-pyrrole nitrogens is 2. The molecule has 0 radical (unpaired) electrons. The molecule has 3 heterocycles. The molecule has 4 aromatic rings. The van der Waals surface area contributed by atoms with Crippen LogP contribution in [0, 0.1) is 0 Å². The van der Waals surface area contributed by atoms with E-state index in [0.29, 0.717) is 0 Å². The SMILES string of the molecule is c1ccc(Sc2cnc3[nH]cc(-c4cn[nH]c4)c3c2)cc1. The van der Waals surface area contributed by atoms with E-state index >= 15 is 0 Å².